The van der Waals surface area contributed by atoms with E-state index in [1.54, 1.807) is 0 Å². The predicted molar refractivity (Wildman–Crippen MR) is 31.9 cm³/mol. The van der Waals surface area contributed by atoms with Gasteiger partial charge in [0.1, 0.15) is 0 Å². The minimum Gasteiger partial charge on any atom is -0.466 e. The number of amidine groups is 1. The van der Waals surface area contributed by atoms with Gasteiger partial charge < -0.3 is 10.1 Å². The van der Waals surface area contributed by atoms with Crippen LogP contribution in [0.4, 0.5) is 0 Å². The molecule has 0 radical (unpaired) electrons. The van der Waals surface area contributed by atoms with Crippen LogP contribution in [0.2, 0.25) is 0 Å². The molecule has 0 saturated heterocycles. The molecule has 1 rings (SSSR count). The minimum absolute atomic E-state index is 0.700. The van der Waals surface area contributed by atoms with Crippen molar-refractivity contribution in [3.8, 4) is 0 Å². The molecule has 0 unspecified atom stereocenters. The first kappa shape index (κ1) is 5.41. The van der Waals surface area contributed by atoms with Gasteiger partial charge in [0.25, 0.3) is 6.02 Å². The summed E-state index contributed by atoms with van der Waals surface area (Å²) in [6.07, 6.45) is 0. The molecule has 3 heteroatoms. The van der Waals surface area contributed by atoms with Crippen LogP contribution in [-0.2, 0) is 4.74 Å². The van der Waals surface area contributed by atoms with Crippen molar-refractivity contribution in [1.29, 1.82) is 0 Å². The highest BCUT2D eigenvalue weighted by Crippen LogP contribution is 1.85. The van der Waals surface area contributed by atoms with Crippen LogP contribution in [0.3, 0.4) is 0 Å². The molecule has 0 aromatic carbocycles. The van der Waals surface area contributed by atoms with Crippen LogP contribution < -0.4 is 5.32 Å². The highest BCUT2D eigenvalue weighted by Gasteiger charge is 2.02. The molecule has 0 aromatic heterocycles. The molecule has 1 heterocycles. The molecule has 0 bridgehead atoms. The fourth-order valence-corrected chi connectivity index (χ4v) is 0.610. The first-order valence-corrected chi connectivity index (χ1v) is 2.84. The Morgan fingerprint density at radius 3 is 3.25 bits per heavy atom. The first-order chi connectivity index (χ1) is 3.93. The zero-order chi connectivity index (χ0) is 5.82. The average molecular weight is 114 g/mol. The Morgan fingerprint density at radius 2 is 2.75 bits per heavy atom. The maximum absolute atomic E-state index is 5.04. The third kappa shape index (κ3) is 1.12. The Hall–Kier alpha value is -0.730. The second kappa shape index (κ2) is 2.55. The summed E-state index contributed by atoms with van der Waals surface area (Å²) in [5.74, 6) is 0. The summed E-state index contributed by atoms with van der Waals surface area (Å²) in [6, 6.07) is 0.701. The molecule has 1 aliphatic rings. The van der Waals surface area contributed by atoms with Crippen molar-refractivity contribution in [1.82, 2.24) is 5.32 Å². The van der Waals surface area contributed by atoms with Gasteiger partial charge in [-0.2, -0.15) is 0 Å². The lowest BCUT2D eigenvalue weighted by Crippen LogP contribution is -2.21. The molecule has 0 saturated carbocycles. The second-order valence-corrected chi connectivity index (χ2v) is 1.55. The largest absolute Gasteiger partial charge is 0.466 e. The molecule has 0 fully saturated rings. The predicted octanol–water partition coefficient (Wildman–Crippen LogP) is -0.0179. The first-order valence-electron chi connectivity index (χ1n) is 2.84. The summed E-state index contributed by atoms with van der Waals surface area (Å²) in [5, 5.41) is 2.99. The lowest BCUT2D eigenvalue weighted by Gasteiger charge is -1.99. The Morgan fingerprint density at radius 1 is 1.88 bits per heavy atom. The summed E-state index contributed by atoms with van der Waals surface area (Å²) in [6.45, 7) is 4.43. The SMILES string of the molecule is CCOC1=NCCN1. The van der Waals surface area contributed by atoms with Gasteiger partial charge >= 0.3 is 0 Å². The molecule has 1 aliphatic heterocycles. The van der Waals surface area contributed by atoms with E-state index in [0.717, 1.165) is 13.1 Å². The van der Waals surface area contributed by atoms with Crippen LogP contribution >= 0.6 is 0 Å². The minimum atomic E-state index is 0.700. The van der Waals surface area contributed by atoms with E-state index in [2.05, 4.69) is 10.3 Å². The molecule has 8 heavy (non-hydrogen) atoms. The molecule has 1 N–H and O–H groups in total. The van der Waals surface area contributed by atoms with E-state index in [1.165, 1.54) is 0 Å². The summed E-state index contributed by atoms with van der Waals surface area (Å²) >= 11 is 0. The molecule has 3 nitrogen and oxygen atoms in total. The smallest absolute Gasteiger partial charge is 0.284 e. The van der Waals surface area contributed by atoms with Gasteiger partial charge in [-0.3, -0.25) is 0 Å². The maximum Gasteiger partial charge on any atom is 0.284 e. The van der Waals surface area contributed by atoms with Gasteiger partial charge in [0.15, 0.2) is 0 Å². The molecule has 46 valence electrons. The Kier molecular flexibility index (Phi) is 1.72. The van der Waals surface area contributed by atoms with Crippen LogP contribution in [0.1, 0.15) is 6.92 Å². The average Bonchev–Trinajstić information content (AvgIpc) is 2.19. The van der Waals surface area contributed by atoms with Crippen LogP contribution in [0, 0.1) is 0 Å². The number of nitrogens with one attached hydrogen (secondary N) is 1. The molecule has 0 atom stereocenters. The van der Waals surface area contributed by atoms with Crippen molar-refractivity contribution in [3.05, 3.63) is 0 Å². The zero-order valence-corrected chi connectivity index (χ0v) is 4.98. The summed E-state index contributed by atoms with van der Waals surface area (Å²) in [4.78, 5) is 4.01. The van der Waals surface area contributed by atoms with E-state index < -0.39 is 0 Å². The number of ether oxygens (including phenoxy) is 1. The van der Waals surface area contributed by atoms with Gasteiger partial charge in [0.2, 0.25) is 0 Å². The lowest BCUT2D eigenvalue weighted by atomic mass is 10.7. The number of hydrogen-bond acceptors (Lipinski definition) is 3. The Labute approximate surface area is 48.8 Å². The maximum atomic E-state index is 5.04. The Bertz CT molecular complexity index is 101. The van der Waals surface area contributed by atoms with Crippen molar-refractivity contribution >= 4 is 6.02 Å². The molecular weight excluding hydrogens is 104 g/mol. The van der Waals surface area contributed by atoms with Gasteiger partial charge in [-0.15, -0.1) is 0 Å². The second-order valence-electron chi connectivity index (χ2n) is 1.55. The van der Waals surface area contributed by atoms with E-state index in [4.69, 9.17) is 4.74 Å². The van der Waals surface area contributed by atoms with E-state index >= 15 is 0 Å². The van der Waals surface area contributed by atoms with Gasteiger partial charge in [-0.1, -0.05) is 0 Å². The van der Waals surface area contributed by atoms with Crippen LogP contribution in [0.25, 0.3) is 0 Å². The van der Waals surface area contributed by atoms with Gasteiger partial charge in [0, 0.05) is 6.54 Å². The van der Waals surface area contributed by atoms with Crippen molar-refractivity contribution in [3.63, 3.8) is 0 Å². The van der Waals surface area contributed by atoms with E-state index in [0.29, 0.717) is 12.6 Å². The summed E-state index contributed by atoms with van der Waals surface area (Å²) < 4.78 is 5.04. The molecule has 0 aliphatic carbocycles. The van der Waals surface area contributed by atoms with Gasteiger partial charge in [-0.25, -0.2) is 4.99 Å². The van der Waals surface area contributed by atoms with Crippen LogP contribution in [-0.4, -0.2) is 25.7 Å². The van der Waals surface area contributed by atoms with Crippen LogP contribution in [0.15, 0.2) is 4.99 Å². The topological polar surface area (TPSA) is 33.6 Å². The fourth-order valence-electron chi connectivity index (χ4n) is 0.610. The fraction of sp³-hybridized carbons (Fsp3) is 0.800. The highest BCUT2D eigenvalue weighted by molar-refractivity contribution is 5.74. The molecule has 0 aromatic rings. The van der Waals surface area contributed by atoms with E-state index in [9.17, 15) is 0 Å². The summed E-state index contributed by atoms with van der Waals surface area (Å²) in [5.41, 5.74) is 0. The third-order valence-corrected chi connectivity index (χ3v) is 0.924. The normalized spacial score (nSPS) is 17.4. The molecule has 0 spiro atoms. The quantitative estimate of drug-likeness (QED) is 0.520. The number of rotatable bonds is 1. The van der Waals surface area contributed by atoms with E-state index in [1.807, 2.05) is 6.92 Å². The van der Waals surface area contributed by atoms with Crippen molar-refractivity contribution < 1.29 is 4.74 Å². The Balaban J connectivity index is 2.23. The number of aliphatic imine (C=N–C) groups is 1. The van der Waals surface area contributed by atoms with Crippen molar-refractivity contribution in [2.75, 3.05) is 19.7 Å². The van der Waals surface area contributed by atoms with Crippen molar-refractivity contribution in [2.24, 2.45) is 4.99 Å². The number of hydrogen-bond donors (Lipinski definition) is 1. The van der Waals surface area contributed by atoms with Crippen molar-refractivity contribution in [2.45, 2.75) is 6.92 Å². The molecular formula is C5H10N2O. The highest BCUT2D eigenvalue weighted by atomic mass is 16.5. The van der Waals surface area contributed by atoms with Gasteiger partial charge in [0.05, 0.1) is 13.2 Å². The number of nitrogens with zero attached hydrogens (tertiary/aromatic N) is 1. The van der Waals surface area contributed by atoms with E-state index in [-0.39, 0.29) is 0 Å². The van der Waals surface area contributed by atoms with Crippen LogP contribution in [0.5, 0.6) is 0 Å². The lowest BCUT2D eigenvalue weighted by molar-refractivity contribution is 0.315. The third-order valence-electron chi connectivity index (χ3n) is 0.924. The molecule has 0 amide bonds. The summed E-state index contributed by atoms with van der Waals surface area (Å²) in [7, 11) is 0. The standard InChI is InChI=1S/C5H10N2O/c1-2-8-5-6-3-4-7-5/h2-4H2,1H3,(H,6,7). The van der Waals surface area contributed by atoms with Gasteiger partial charge in [-0.05, 0) is 6.92 Å². The monoisotopic (exact) mass is 114 g/mol. The zero-order valence-electron chi connectivity index (χ0n) is 4.98.